The first kappa shape index (κ1) is 13.3. The van der Waals surface area contributed by atoms with E-state index >= 15 is 0 Å². The number of hydrogen-bond acceptors (Lipinski definition) is 4. The van der Waals surface area contributed by atoms with Gasteiger partial charge in [-0.25, -0.2) is 9.78 Å². The van der Waals surface area contributed by atoms with Crippen LogP contribution in [0.1, 0.15) is 18.6 Å². The van der Waals surface area contributed by atoms with Crippen LogP contribution in [0.2, 0.25) is 0 Å². The van der Waals surface area contributed by atoms with Gasteiger partial charge in [0.2, 0.25) is 0 Å². The predicted molar refractivity (Wildman–Crippen MR) is 71.1 cm³/mol. The number of nitrogens with zero attached hydrogens (tertiary/aromatic N) is 2. The Balaban J connectivity index is 2.23. The number of benzene rings is 1. The van der Waals surface area contributed by atoms with Gasteiger partial charge in [-0.2, -0.15) is 0 Å². The molecule has 1 aromatic carbocycles. The third-order valence-corrected chi connectivity index (χ3v) is 2.73. The fourth-order valence-corrected chi connectivity index (χ4v) is 1.85. The molecule has 19 heavy (non-hydrogen) atoms. The van der Waals surface area contributed by atoms with Crippen molar-refractivity contribution in [1.29, 1.82) is 0 Å². The molecule has 0 radical (unpaired) electrons. The van der Waals surface area contributed by atoms with Gasteiger partial charge in [0.25, 0.3) is 0 Å². The summed E-state index contributed by atoms with van der Waals surface area (Å²) < 4.78 is 6.83. The van der Waals surface area contributed by atoms with Crippen LogP contribution in [0, 0.1) is 0 Å². The van der Waals surface area contributed by atoms with Gasteiger partial charge >= 0.3 is 5.69 Å². The highest BCUT2D eigenvalue weighted by atomic mass is 16.5. The molecule has 0 saturated carbocycles. The number of para-hydroxylation sites is 1. The summed E-state index contributed by atoms with van der Waals surface area (Å²) in [7, 11) is 0. The van der Waals surface area contributed by atoms with E-state index in [1.165, 1.54) is 10.8 Å². The molecular formula is C14H16N2O3. The zero-order chi connectivity index (χ0) is 13.7. The van der Waals surface area contributed by atoms with Crippen LogP contribution in [0.3, 0.4) is 0 Å². The highest BCUT2D eigenvalue weighted by Crippen LogP contribution is 2.25. The van der Waals surface area contributed by atoms with E-state index in [-0.39, 0.29) is 12.2 Å². The minimum Gasteiger partial charge on any atom is -0.493 e. The number of hydrogen-bond donors (Lipinski definition) is 1. The van der Waals surface area contributed by atoms with Crippen molar-refractivity contribution < 1.29 is 9.84 Å². The molecule has 2 aromatic rings. The lowest BCUT2D eigenvalue weighted by atomic mass is 10.1. The van der Waals surface area contributed by atoms with Crippen LogP contribution in [0.15, 0.2) is 47.5 Å². The maximum absolute atomic E-state index is 11.5. The van der Waals surface area contributed by atoms with E-state index in [1.807, 2.05) is 19.1 Å². The number of aromatic nitrogens is 2. The zero-order valence-corrected chi connectivity index (χ0v) is 10.7. The summed E-state index contributed by atoms with van der Waals surface area (Å²) in [6.45, 7) is 2.56. The van der Waals surface area contributed by atoms with E-state index in [4.69, 9.17) is 4.74 Å². The first-order chi connectivity index (χ1) is 9.22. The molecule has 0 bridgehead atoms. The fourth-order valence-electron chi connectivity index (χ4n) is 1.85. The average molecular weight is 260 g/mol. The van der Waals surface area contributed by atoms with Crippen molar-refractivity contribution in [2.45, 2.75) is 19.6 Å². The van der Waals surface area contributed by atoms with Gasteiger partial charge in [-0.15, -0.1) is 0 Å². The van der Waals surface area contributed by atoms with Crippen molar-refractivity contribution in [2.24, 2.45) is 0 Å². The van der Waals surface area contributed by atoms with E-state index < -0.39 is 6.10 Å². The van der Waals surface area contributed by atoms with Crippen molar-refractivity contribution >= 4 is 0 Å². The molecule has 1 aromatic heterocycles. The summed E-state index contributed by atoms with van der Waals surface area (Å²) in [5, 5.41) is 10.2. The lowest BCUT2D eigenvalue weighted by molar-refractivity contribution is 0.149. The molecule has 100 valence electrons. The van der Waals surface area contributed by atoms with E-state index in [0.717, 1.165) is 0 Å². The molecule has 0 aliphatic carbocycles. The van der Waals surface area contributed by atoms with Crippen LogP contribution in [0.25, 0.3) is 0 Å². The van der Waals surface area contributed by atoms with Gasteiger partial charge in [0, 0.05) is 18.0 Å². The molecule has 0 fully saturated rings. The first-order valence-electron chi connectivity index (χ1n) is 6.13. The first-order valence-corrected chi connectivity index (χ1v) is 6.13. The number of aliphatic hydroxyl groups is 1. The van der Waals surface area contributed by atoms with Gasteiger partial charge in [-0.1, -0.05) is 18.2 Å². The largest absolute Gasteiger partial charge is 0.493 e. The lowest BCUT2D eigenvalue weighted by Gasteiger charge is -2.16. The topological polar surface area (TPSA) is 64.3 Å². The van der Waals surface area contributed by atoms with E-state index in [2.05, 4.69) is 4.98 Å². The minimum absolute atomic E-state index is 0.150. The molecule has 5 heteroatoms. The number of rotatable bonds is 5. The number of ether oxygens (including phenoxy) is 1. The third-order valence-electron chi connectivity index (χ3n) is 2.73. The number of aliphatic hydroxyl groups excluding tert-OH is 1. The highest BCUT2D eigenvalue weighted by Gasteiger charge is 2.14. The Morgan fingerprint density at radius 2 is 2.16 bits per heavy atom. The molecular weight excluding hydrogens is 244 g/mol. The Bertz CT molecular complexity index is 595. The van der Waals surface area contributed by atoms with Crippen molar-refractivity contribution in [3.8, 4) is 5.75 Å². The molecule has 0 amide bonds. The normalized spacial score (nSPS) is 12.1. The van der Waals surface area contributed by atoms with Crippen LogP contribution in [-0.4, -0.2) is 21.3 Å². The van der Waals surface area contributed by atoms with E-state index in [0.29, 0.717) is 17.9 Å². The second-order valence-corrected chi connectivity index (χ2v) is 4.04. The second kappa shape index (κ2) is 6.15. The van der Waals surface area contributed by atoms with Crippen LogP contribution in [0.5, 0.6) is 5.75 Å². The summed E-state index contributed by atoms with van der Waals surface area (Å²) >= 11 is 0. The second-order valence-electron chi connectivity index (χ2n) is 4.04. The predicted octanol–water partition coefficient (Wildman–Crippen LogP) is 1.38. The fraction of sp³-hybridized carbons (Fsp3) is 0.286. The van der Waals surface area contributed by atoms with Crippen molar-refractivity contribution in [2.75, 3.05) is 6.61 Å². The SMILES string of the molecule is CCOc1ccccc1C(O)Cn1cccnc1=O. The van der Waals surface area contributed by atoms with Crippen molar-refractivity contribution in [3.05, 3.63) is 58.8 Å². The quantitative estimate of drug-likeness (QED) is 0.882. The summed E-state index contributed by atoms with van der Waals surface area (Å²) in [5.74, 6) is 0.634. The van der Waals surface area contributed by atoms with Gasteiger partial charge in [0.1, 0.15) is 11.9 Å². The van der Waals surface area contributed by atoms with E-state index in [9.17, 15) is 9.90 Å². The average Bonchev–Trinajstić information content (AvgIpc) is 2.42. The Morgan fingerprint density at radius 3 is 2.89 bits per heavy atom. The molecule has 1 atom stereocenters. The van der Waals surface area contributed by atoms with Crippen molar-refractivity contribution in [1.82, 2.24) is 9.55 Å². The minimum atomic E-state index is -0.815. The molecule has 0 aliphatic heterocycles. The molecule has 0 aliphatic rings. The lowest BCUT2D eigenvalue weighted by Crippen LogP contribution is -2.24. The van der Waals surface area contributed by atoms with Crippen LogP contribution < -0.4 is 10.4 Å². The van der Waals surface area contributed by atoms with Gasteiger partial charge < -0.3 is 9.84 Å². The molecule has 1 heterocycles. The summed E-state index contributed by atoms with van der Waals surface area (Å²) in [5.41, 5.74) is 0.288. The van der Waals surface area contributed by atoms with Gasteiger partial charge in [0.15, 0.2) is 0 Å². The monoisotopic (exact) mass is 260 g/mol. The van der Waals surface area contributed by atoms with Gasteiger partial charge in [-0.3, -0.25) is 4.57 Å². The smallest absolute Gasteiger partial charge is 0.347 e. The highest BCUT2D eigenvalue weighted by molar-refractivity contribution is 5.35. The molecule has 0 saturated heterocycles. The zero-order valence-electron chi connectivity index (χ0n) is 10.7. The maximum atomic E-state index is 11.5. The van der Waals surface area contributed by atoms with Crippen molar-refractivity contribution in [3.63, 3.8) is 0 Å². The Labute approximate surface area is 111 Å². The summed E-state index contributed by atoms with van der Waals surface area (Å²) in [6, 6.07) is 8.91. The summed E-state index contributed by atoms with van der Waals surface area (Å²) in [4.78, 5) is 15.2. The van der Waals surface area contributed by atoms with E-state index in [1.54, 1.807) is 24.4 Å². The van der Waals surface area contributed by atoms with Crippen LogP contribution >= 0.6 is 0 Å². The molecule has 0 spiro atoms. The standard InChI is InChI=1S/C14H16N2O3/c1-2-19-13-7-4-3-6-11(13)12(17)10-16-9-5-8-15-14(16)18/h3-9,12,17H,2,10H2,1H3. The maximum Gasteiger partial charge on any atom is 0.347 e. The molecule has 5 nitrogen and oxygen atoms in total. The summed E-state index contributed by atoms with van der Waals surface area (Å²) in [6.07, 6.45) is 2.21. The Hall–Kier alpha value is -2.14. The molecule has 2 rings (SSSR count). The Kier molecular flexibility index (Phi) is 4.30. The van der Waals surface area contributed by atoms with Crippen LogP contribution in [0.4, 0.5) is 0 Å². The third kappa shape index (κ3) is 3.20. The molecule has 1 unspecified atom stereocenters. The van der Waals surface area contributed by atoms with Crippen LogP contribution in [-0.2, 0) is 6.54 Å². The van der Waals surface area contributed by atoms with Gasteiger partial charge in [-0.05, 0) is 19.1 Å². The molecule has 1 N–H and O–H groups in total. The Morgan fingerprint density at radius 1 is 1.37 bits per heavy atom. The van der Waals surface area contributed by atoms with Gasteiger partial charge in [0.05, 0.1) is 13.2 Å².